The van der Waals surface area contributed by atoms with E-state index in [1.54, 1.807) is 0 Å². The molecule has 5 heteroatoms. The molecule has 0 bridgehead atoms. The first-order valence-electron chi connectivity index (χ1n) is 7.74. The summed E-state index contributed by atoms with van der Waals surface area (Å²) >= 11 is 0. The van der Waals surface area contributed by atoms with Gasteiger partial charge in [-0.15, -0.1) is 0 Å². The number of piperidine rings is 1. The summed E-state index contributed by atoms with van der Waals surface area (Å²) in [5.74, 6) is 2.58. The van der Waals surface area contributed by atoms with Gasteiger partial charge in [-0.3, -0.25) is 0 Å². The summed E-state index contributed by atoms with van der Waals surface area (Å²) in [5, 5.41) is 5.65. The maximum absolute atomic E-state index is 4.50. The lowest BCUT2D eigenvalue weighted by Gasteiger charge is -2.39. The van der Waals surface area contributed by atoms with Crippen LogP contribution in [0.1, 0.15) is 52.3 Å². The van der Waals surface area contributed by atoms with Gasteiger partial charge in [-0.25, -0.2) is 15.0 Å². The minimum absolute atomic E-state index is 0.543. The highest BCUT2D eigenvalue weighted by Crippen LogP contribution is 2.23. The molecule has 1 saturated heterocycles. The van der Waals surface area contributed by atoms with Crippen LogP contribution in [-0.4, -0.2) is 33.6 Å². The van der Waals surface area contributed by atoms with Crippen LogP contribution in [0.15, 0.2) is 6.07 Å². The van der Waals surface area contributed by atoms with Crippen LogP contribution in [0.4, 0.5) is 11.6 Å². The van der Waals surface area contributed by atoms with E-state index in [-0.39, 0.29) is 0 Å². The molecule has 0 saturated carbocycles. The molecule has 1 aromatic heterocycles. The maximum Gasteiger partial charge on any atom is 0.146 e. The molecule has 0 aromatic carbocycles. The number of aromatic nitrogens is 2. The van der Waals surface area contributed by atoms with Crippen molar-refractivity contribution in [1.29, 1.82) is 0 Å². The van der Waals surface area contributed by atoms with Crippen LogP contribution < -0.4 is 10.7 Å². The van der Waals surface area contributed by atoms with E-state index < -0.39 is 0 Å². The zero-order chi connectivity index (χ0) is 14.5. The molecule has 20 heavy (non-hydrogen) atoms. The normalized spacial score (nSPS) is 23.6. The van der Waals surface area contributed by atoms with Crippen LogP contribution in [0.25, 0.3) is 0 Å². The molecular weight excluding hydrogens is 250 g/mol. The van der Waals surface area contributed by atoms with Crippen LogP contribution >= 0.6 is 0 Å². The lowest BCUT2D eigenvalue weighted by atomic mass is 10.00. The third-order valence-electron chi connectivity index (χ3n) is 3.83. The van der Waals surface area contributed by atoms with Crippen molar-refractivity contribution < 1.29 is 0 Å². The Morgan fingerprint density at radius 2 is 1.85 bits per heavy atom. The van der Waals surface area contributed by atoms with Gasteiger partial charge in [0.1, 0.15) is 17.5 Å². The summed E-state index contributed by atoms with van der Waals surface area (Å²) in [6, 6.07) is 3.08. The molecule has 2 N–H and O–H groups in total. The van der Waals surface area contributed by atoms with E-state index in [2.05, 4.69) is 46.5 Å². The second-order valence-corrected chi connectivity index (χ2v) is 5.76. The highest BCUT2D eigenvalue weighted by Gasteiger charge is 2.25. The van der Waals surface area contributed by atoms with Gasteiger partial charge in [0.15, 0.2) is 0 Å². The van der Waals surface area contributed by atoms with E-state index in [0.29, 0.717) is 12.1 Å². The second-order valence-electron chi connectivity index (χ2n) is 5.76. The smallest absolute Gasteiger partial charge is 0.146 e. The van der Waals surface area contributed by atoms with Crippen molar-refractivity contribution in [3.63, 3.8) is 0 Å². The minimum atomic E-state index is 0.543. The summed E-state index contributed by atoms with van der Waals surface area (Å²) < 4.78 is 0. The molecule has 5 nitrogen and oxygen atoms in total. The molecule has 1 aromatic rings. The largest absolute Gasteiger partial charge is 0.370 e. The number of hydrogen-bond acceptors (Lipinski definition) is 5. The number of nitrogens with one attached hydrogen (secondary N) is 2. The predicted molar refractivity (Wildman–Crippen MR) is 83.8 cm³/mol. The Hall–Kier alpha value is -1.36. The first-order chi connectivity index (χ1) is 9.60. The molecule has 2 rings (SSSR count). The zero-order valence-electron chi connectivity index (χ0n) is 13.1. The number of rotatable bonds is 5. The van der Waals surface area contributed by atoms with Crippen molar-refractivity contribution in [1.82, 2.24) is 15.0 Å². The third-order valence-corrected chi connectivity index (χ3v) is 3.83. The van der Waals surface area contributed by atoms with Gasteiger partial charge in [0, 0.05) is 24.7 Å². The van der Waals surface area contributed by atoms with Gasteiger partial charge in [0.05, 0.1) is 0 Å². The van der Waals surface area contributed by atoms with Crippen molar-refractivity contribution >= 4 is 11.6 Å². The molecule has 0 amide bonds. The minimum Gasteiger partial charge on any atom is -0.370 e. The van der Waals surface area contributed by atoms with Crippen LogP contribution in [0.2, 0.25) is 0 Å². The van der Waals surface area contributed by atoms with E-state index in [0.717, 1.165) is 30.4 Å². The second kappa shape index (κ2) is 6.88. The number of hydrogen-bond donors (Lipinski definition) is 2. The van der Waals surface area contributed by atoms with Crippen molar-refractivity contribution in [2.75, 3.05) is 17.3 Å². The average molecular weight is 277 g/mol. The molecule has 2 atom stereocenters. The number of hydrazine groups is 1. The fraction of sp³-hybridized carbons (Fsp3) is 0.733. The molecule has 1 aliphatic heterocycles. The van der Waals surface area contributed by atoms with Gasteiger partial charge in [0.2, 0.25) is 0 Å². The van der Waals surface area contributed by atoms with Crippen molar-refractivity contribution in [2.24, 2.45) is 0 Å². The molecule has 2 unspecified atom stereocenters. The highest BCUT2D eigenvalue weighted by atomic mass is 15.5. The lowest BCUT2D eigenvalue weighted by molar-refractivity contribution is 0.135. The molecule has 0 radical (unpaired) electrons. The van der Waals surface area contributed by atoms with Crippen LogP contribution in [0.3, 0.4) is 0 Å². The first-order valence-corrected chi connectivity index (χ1v) is 7.74. The molecule has 2 heterocycles. The number of nitrogens with zero attached hydrogens (tertiary/aromatic N) is 3. The summed E-state index contributed by atoms with van der Waals surface area (Å²) in [5.41, 5.74) is 3.48. The van der Waals surface area contributed by atoms with Crippen LogP contribution in [0, 0.1) is 6.92 Å². The van der Waals surface area contributed by atoms with E-state index in [4.69, 9.17) is 0 Å². The molecule has 0 aliphatic carbocycles. The Balaban J connectivity index is 2.09. The van der Waals surface area contributed by atoms with Gasteiger partial charge >= 0.3 is 0 Å². The Morgan fingerprint density at radius 3 is 2.50 bits per heavy atom. The summed E-state index contributed by atoms with van der Waals surface area (Å²) in [7, 11) is 0. The van der Waals surface area contributed by atoms with Gasteiger partial charge in [-0.1, -0.05) is 13.3 Å². The Kier molecular flexibility index (Phi) is 5.17. The molecule has 0 spiro atoms. The quantitative estimate of drug-likeness (QED) is 0.865. The molecular formula is C15H27N5. The maximum atomic E-state index is 4.50. The number of aryl methyl sites for hydroxylation is 1. The fourth-order valence-corrected chi connectivity index (χ4v) is 2.74. The van der Waals surface area contributed by atoms with Crippen molar-refractivity contribution in [3.05, 3.63) is 11.9 Å². The summed E-state index contributed by atoms with van der Waals surface area (Å²) in [6.07, 6.45) is 4.88. The topological polar surface area (TPSA) is 53.1 Å². The third kappa shape index (κ3) is 3.82. The summed E-state index contributed by atoms with van der Waals surface area (Å²) in [4.78, 5) is 8.92. The van der Waals surface area contributed by atoms with E-state index >= 15 is 0 Å². The van der Waals surface area contributed by atoms with Crippen LogP contribution in [-0.2, 0) is 0 Å². The van der Waals surface area contributed by atoms with E-state index in [1.165, 1.54) is 19.3 Å². The molecule has 112 valence electrons. The molecule has 1 aliphatic rings. The lowest BCUT2D eigenvalue weighted by Crippen LogP contribution is -2.47. The Morgan fingerprint density at radius 1 is 1.20 bits per heavy atom. The summed E-state index contributed by atoms with van der Waals surface area (Å²) in [6.45, 7) is 9.56. The number of anilines is 2. The Bertz CT molecular complexity index is 424. The van der Waals surface area contributed by atoms with Gasteiger partial charge in [0.25, 0.3) is 0 Å². The highest BCUT2D eigenvalue weighted by molar-refractivity contribution is 5.47. The first kappa shape index (κ1) is 15.0. The average Bonchev–Trinajstić information content (AvgIpc) is 2.40. The van der Waals surface area contributed by atoms with Crippen molar-refractivity contribution in [3.8, 4) is 0 Å². The molecule has 1 fully saturated rings. The zero-order valence-corrected chi connectivity index (χ0v) is 13.1. The fourth-order valence-electron chi connectivity index (χ4n) is 2.74. The van der Waals surface area contributed by atoms with E-state index in [9.17, 15) is 0 Å². The standard InChI is InChI=1S/C15H27N5/c1-5-9-16-14-10-15(18-13(4)17-14)19-20-11(2)7-6-8-12(20)3/h10-12H,5-9H2,1-4H3,(H2,16,17,18,19). The SMILES string of the molecule is CCCNc1cc(NN2C(C)CCCC2C)nc(C)n1. The Labute approximate surface area is 122 Å². The van der Waals surface area contributed by atoms with Gasteiger partial charge in [-0.2, -0.15) is 0 Å². The van der Waals surface area contributed by atoms with Crippen LogP contribution in [0.5, 0.6) is 0 Å². The van der Waals surface area contributed by atoms with Gasteiger partial charge < -0.3 is 10.7 Å². The predicted octanol–water partition coefficient (Wildman–Crippen LogP) is 3.20. The van der Waals surface area contributed by atoms with Crippen molar-refractivity contribution in [2.45, 2.75) is 65.5 Å². The van der Waals surface area contributed by atoms with Gasteiger partial charge in [-0.05, 0) is 40.0 Å². The monoisotopic (exact) mass is 277 g/mol. The van der Waals surface area contributed by atoms with E-state index in [1.807, 2.05) is 13.0 Å².